The quantitative estimate of drug-likeness (QED) is 0.313. The van der Waals surface area contributed by atoms with Crippen LogP contribution in [0.5, 0.6) is 0 Å². The van der Waals surface area contributed by atoms with Gasteiger partial charge in [0.15, 0.2) is 11.0 Å². The molecule has 0 aliphatic heterocycles. The predicted molar refractivity (Wildman–Crippen MR) is 125 cm³/mol. The summed E-state index contributed by atoms with van der Waals surface area (Å²) in [6, 6.07) is 5.63. The standard InChI is InChI=1S/C22H25N5O3S2/c1-3-27-19(15-10-7-8-12-23-15)25-26-22(27)31-13-17(28)24-20-18(21(29)30-2)14-9-5-4-6-11-16(14)32-20/h7-8,10,12H,3-6,9,11,13H2,1-2H3,(H,24,28). The van der Waals surface area contributed by atoms with E-state index in [9.17, 15) is 9.59 Å². The summed E-state index contributed by atoms with van der Waals surface area (Å²) in [5.74, 6) is 0.245. The molecule has 4 rings (SSSR count). The highest BCUT2D eigenvalue weighted by molar-refractivity contribution is 7.99. The first-order valence-electron chi connectivity index (χ1n) is 10.6. The van der Waals surface area contributed by atoms with Crippen molar-refractivity contribution in [2.24, 2.45) is 0 Å². The molecule has 0 atom stereocenters. The van der Waals surface area contributed by atoms with Crippen molar-refractivity contribution < 1.29 is 14.3 Å². The molecule has 3 aromatic heterocycles. The fourth-order valence-corrected chi connectivity index (χ4v) is 5.90. The number of nitrogens with zero attached hydrogens (tertiary/aromatic N) is 4. The number of hydrogen-bond donors (Lipinski definition) is 1. The number of methoxy groups -OCH3 is 1. The van der Waals surface area contributed by atoms with Gasteiger partial charge < -0.3 is 14.6 Å². The molecule has 10 heteroatoms. The van der Waals surface area contributed by atoms with Crippen LogP contribution < -0.4 is 5.32 Å². The second kappa shape index (κ2) is 10.3. The number of aromatic nitrogens is 4. The molecule has 1 N–H and O–H groups in total. The zero-order valence-electron chi connectivity index (χ0n) is 18.1. The van der Waals surface area contributed by atoms with E-state index < -0.39 is 5.97 Å². The number of nitrogens with one attached hydrogen (secondary N) is 1. The van der Waals surface area contributed by atoms with Gasteiger partial charge in [0.1, 0.15) is 10.7 Å². The van der Waals surface area contributed by atoms with Crippen molar-refractivity contribution >= 4 is 40.0 Å². The molecule has 32 heavy (non-hydrogen) atoms. The summed E-state index contributed by atoms with van der Waals surface area (Å²) >= 11 is 2.81. The zero-order valence-corrected chi connectivity index (χ0v) is 19.7. The molecule has 0 unspecified atom stereocenters. The summed E-state index contributed by atoms with van der Waals surface area (Å²) in [4.78, 5) is 30.7. The molecule has 168 valence electrons. The Kier molecular flexibility index (Phi) is 7.21. The fourth-order valence-electron chi connectivity index (χ4n) is 3.81. The fraction of sp³-hybridized carbons (Fsp3) is 0.409. The van der Waals surface area contributed by atoms with Gasteiger partial charge in [0.25, 0.3) is 0 Å². The van der Waals surface area contributed by atoms with Crippen molar-refractivity contribution in [1.82, 2.24) is 19.7 Å². The zero-order chi connectivity index (χ0) is 22.5. The molecule has 0 saturated carbocycles. The number of fused-ring (bicyclic) bond motifs is 1. The molecular formula is C22H25N5O3S2. The number of amides is 1. The third-order valence-corrected chi connectivity index (χ3v) is 7.50. The predicted octanol–water partition coefficient (Wildman–Crippen LogP) is 4.21. The lowest BCUT2D eigenvalue weighted by Crippen LogP contribution is -2.16. The Bertz CT molecular complexity index is 1110. The van der Waals surface area contributed by atoms with Crippen LogP contribution in [0.25, 0.3) is 11.5 Å². The van der Waals surface area contributed by atoms with Crippen LogP contribution in [0.4, 0.5) is 5.00 Å². The van der Waals surface area contributed by atoms with E-state index in [2.05, 4.69) is 20.5 Å². The molecule has 1 aliphatic rings. The number of thioether (sulfide) groups is 1. The summed E-state index contributed by atoms with van der Waals surface area (Å²) in [6.45, 7) is 2.66. The van der Waals surface area contributed by atoms with Gasteiger partial charge in [-0.25, -0.2) is 4.79 Å². The third kappa shape index (κ3) is 4.71. The maximum Gasteiger partial charge on any atom is 0.341 e. The molecule has 0 fully saturated rings. The van der Waals surface area contributed by atoms with E-state index >= 15 is 0 Å². The van der Waals surface area contributed by atoms with Gasteiger partial charge in [0, 0.05) is 17.6 Å². The van der Waals surface area contributed by atoms with E-state index in [1.54, 1.807) is 6.20 Å². The highest BCUT2D eigenvalue weighted by Crippen LogP contribution is 2.38. The lowest BCUT2D eigenvalue weighted by molar-refractivity contribution is -0.113. The summed E-state index contributed by atoms with van der Waals surface area (Å²) < 4.78 is 6.95. The Morgan fingerprint density at radius 1 is 1.22 bits per heavy atom. The highest BCUT2D eigenvalue weighted by atomic mass is 32.2. The van der Waals surface area contributed by atoms with E-state index in [1.807, 2.05) is 29.7 Å². The number of pyridine rings is 1. The van der Waals surface area contributed by atoms with E-state index in [0.29, 0.717) is 28.1 Å². The Labute approximate surface area is 194 Å². The molecule has 1 aliphatic carbocycles. The number of carbonyl (C=O) groups excluding carboxylic acids is 2. The maximum atomic E-state index is 12.8. The molecule has 3 aromatic rings. The van der Waals surface area contributed by atoms with Gasteiger partial charge in [-0.15, -0.1) is 21.5 Å². The number of carbonyl (C=O) groups is 2. The average molecular weight is 472 g/mol. The second-order valence-electron chi connectivity index (χ2n) is 7.36. The highest BCUT2D eigenvalue weighted by Gasteiger charge is 2.26. The topological polar surface area (TPSA) is 99.0 Å². The Hall–Kier alpha value is -2.72. The molecule has 0 saturated heterocycles. The Morgan fingerprint density at radius 2 is 2.06 bits per heavy atom. The lowest BCUT2D eigenvalue weighted by Gasteiger charge is -2.08. The SMILES string of the molecule is CCn1c(SCC(=O)Nc2sc3c(c2C(=O)OC)CCCCC3)nnc1-c1ccccn1. The van der Waals surface area contributed by atoms with E-state index in [0.717, 1.165) is 43.4 Å². The first-order chi connectivity index (χ1) is 15.6. The minimum absolute atomic E-state index is 0.156. The number of thiophene rings is 1. The van der Waals surface area contributed by atoms with Gasteiger partial charge in [-0.3, -0.25) is 9.78 Å². The average Bonchev–Trinajstić information content (AvgIpc) is 3.30. The van der Waals surface area contributed by atoms with Gasteiger partial charge in [-0.05, 0) is 50.3 Å². The van der Waals surface area contributed by atoms with Crippen LogP contribution in [0.2, 0.25) is 0 Å². The Balaban J connectivity index is 1.48. The molecule has 0 spiro atoms. The van der Waals surface area contributed by atoms with Crippen molar-refractivity contribution in [2.75, 3.05) is 18.2 Å². The van der Waals surface area contributed by atoms with Crippen LogP contribution in [0, 0.1) is 0 Å². The number of rotatable bonds is 7. The van der Waals surface area contributed by atoms with Gasteiger partial charge >= 0.3 is 5.97 Å². The van der Waals surface area contributed by atoms with Gasteiger partial charge in [-0.1, -0.05) is 24.2 Å². The normalized spacial score (nSPS) is 13.3. The molecule has 0 aromatic carbocycles. The molecule has 3 heterocycles. The van der Waals surface area contributed by atoms with Gasteiger partial charge in [-0.2, -0.15) is 0 Å². The van der Waals surface area contributed by atoms with E-state index in [1.165, 1.54) is 35.1 Å². The van der Waals surface area contributed by atoms with Crippen LogP contribution in [0.15, 0.2) is 29.6 Å². The van der Waals surface area contributed by atoms with Crippen molar-refractivity contribution in [3.63, 3.8) is 0 Å². The smallest absolute Gasteiger partial charge is 0.341 e. The number of anilines is 1. The van der Waals surface area contributed by atoms with Crippen LogP contribution in [0.1, 0.15) is 47.0 Å². The van der Waals surface area contributed by atoms with Crippen LogP contribution in [0.3, 0.4) is 0 Å². The van der Waals surface area contributed by atoms with E-state index in [-0.39, 0.29) is 11.7 Å². The molecule has 0 bridgehead atoms. The first kappa shape index (κ1) is 22.5. The van der Waals surface area contributed by atoms with Gasteiger partial charge in [0.2, 0.25) is 5.91 Å². The molecular weight excluding hydrogens is 446 g/mol. The monoisotopic (exact) mass is 471 g/mol. The largest absolute Gasteiger partial charge is 0.465 e. The first-order valence-corrected chi connectivity index (χ1v) is 12.4. The maximum absolute atomic E-state index is 12.8. The van der Waals surface area contributed by atoms with Crippen LogP contribution in [-0.2, 0) is 28.9 Å². The summed E-state index contributed by atoms with van der Waals surface area (Å²) in [5, 5.41) is 12.7. The van der Waals surface area contributed by atoms with Crippen molar-refractivity contribution in [2.45, 2.75) is 50.7 Å². The third-order valence-electron chi connectivity index (χ3n) is 5.32. The number of ether oxygens (including phenoxy) is 1. The second-order valence-corrected chi connectivity index (χ2v) is 9.41. The summed E-state index contributed by atoms with van der Waals surface area (Å²) in [6.07, 6.45) is 6.79. The molecule has 8 nitrogen and oxygen atoms in total. The van der Waals surface area contributed by atoms with E-state index in [4.69, 9.17) is 4.74 Å². The Morgan fingerprint density at radius 3 is 2.81 bits per heavy atom. The summed E-state index contributed by atoms with van der Waals surface area (Å²) in [7, 11) is 1.38. The van der Waals surface area contributed by atoms with Gasteiger partial charge in [0.05, 0.1) is 18.4 Å². The number of aryl methyl sites for hydroxylation is 1. The van der Waals surface area contributed by atoms with Crippen molar-refractivity contribution in [3.05, 3.63) is 40.4 Å². The van der Waals surface area contributed by atoms with Crippen molar-refractivity contribution in [3.8, 4) is 11.5 Å². The number of hydrogen-bond acceptors (Lipinski definition) is 8. The summed E-state index contributed by atoms with van der Waals surface area (Å²) in [5.41, 5.74) is 2.29. The molecule has 1 amide bonds. The lowest BCUT2D eigenvalue weighted by atomic mass is 10.1. The van der Waals surface area contributed by atoms with Crippen molar-refractivity contribution in [1.29, 1.82) is 0 Å². The minimum atomic E-state index is -0.391. The van der Waals surface area contributed by atoms with Crippen LogP contribution in [-0.4, -0.2) is 44.5 Å². The number of esters is 1. The minimum Gasteiger partial charge on any atom is -0.465 e. The molecule has 0 radical (unpaired) electrons. The van der Waals surface area contributed by atoms with Crippen LogP contribution >= 0.6 is 23.1 Å².